The Morgan fingerprint density at radius 3 is 2.39 bits per heavy atom. The Kier molecular flexibility index (Phi) is 11.5. The molecule has 0 radical (unpaired) electrons. The van der Waals surface area contributed by atoms with Crippen LogP contribution in [-0.2, 0) is 14.3 Å². The number of anilines is 2. The van der Waals surface area contributed by atoms with Gasteiger partial charge >= 0.3 is 18.0 Å². The van der Waals surface area contributed by atoms with Gasteiger partial charge in [-0.1, -0.05) is 12.1 Å². The number of urea groups is 1. The fourth-order valence-electron chi connectivity index (χ4n) is 3.27. The zero-order valence-corrected chi connectivity index (χ0v) is 20.1. The summed E-state index contributed by atoms with van der Waals surface area (Å²) in [6.07, 6.45) is 1.64. The molecule has 1 unspecified atom stereocenters. The average molecular weight is 501 g/mol. The predicted molar refractivity (Wildman–Crippen MR) is 134 cm³/mol. The number of hydrogen-bond acceptors (Lipinski definition) is 7. The van der Waals surface area contributed by atoms with E-state index in [0.717, 1.165) is 0 Å². The van der Waals surface area contributed by atoms with Gasteiger partial charge in [0, 0.05) is 30.5 Å². The maximum Gasteiger partial charge on any atom is 0.335 e. The van der Waals surface area contributed by atoms with E-state index in [1.807, 2.05) is 0 Å². The number of hydrogen-bond donors (Lipinski definition) is 6. The monoisotopic (exact) mass is 500 g/mol. The summed E-state index contributed by atoms with van der Waals surface area (Å²) in [5.41, 5.74) is 0.989. The Morgan fingerprint density at radius 1 is 0.944 bits per heavy atom. The number of esters is 1. The first-order chi connectivity index (χ1) is 17.3. The number of phenols is 1. The SMILES string of the molecule is CCOC(=O)CCNC(=O)NCCCCC(Nc1cccc(C(=O)O)c1)C(=O)Nc1cccc(O)c1. The lowest BCUT2D eigenvalue weighted by molar-refractivity contribution is -0.142. The lowest BCUT2D eigenvalue weighted by Gasteiger charge is -2.20. The third-order valence-electron chi connectivity index (χ3n) is 5.01. The minimum absolute atomic E-state index is 0.0121. The molecule has 11 heteroatoms. The van der Waals surface area contributed by atoms with Crippen molar-refractivity contribution in [1.82, 2.24) is 10.6 Å². The van der Waals surface area contributed by atoms with E-state index in [0.29, 0.717) is 37.2 Å². The minimum atomic E-state index is -1.08. The van der Waals surface area contributed by atoms with Crippen LogP contribution in [0.3, 0.4) is 0 Å². The molecule has 194 valence electrons. The van der Waals surface area contributed by atoms with Crippen molar-refractivity contribution < 1.29 is 34.1 Å². The van der Waals surface area contributed by atoms with Crippen LogP contribution in [0.4, 0.5) is 16.2 Å². The molecule has 2 aromatic carbocycles. The Labute approximate surface area is 209 Å². The van der Waals surface area contributed by atoms with E-state index >= 15 is 0 Å². The van der Waals surface area contributed by atoms with Crippen molar-refractivity contribution >= 4 is 35.3 Å². The van der Waals surface area contributed by atoms with Crippen LogP contribution in [0.5, 0.6) is 5.75 Å². The van der Waals surface area contributed by atoms with E-state index in [-0.39, 0.29) is 42.8 Å². The summed E-state index contributed by atoms with van der Waals surface area (Å²) in [7, 11) is 0. The lowest BCUT2D eigenvalue weighted by Crippen LogP contribution is -2.37. The molecule has 0 fully saturated rings. The number of carbonyl (C=O) groups excluding carboxylic acids is 3. The second-order valence-electron chi connectivity index (χ2n) is 7.86. The summed E-state index contributed by atoms with van der Waals surface area (Å²) in [5, 5.41) is 30.0. The molecule has 0 heterocycles. The number of aromatic carboxylic acids is 1. The highest BCUT2D eigenvalue weighted by atomic mass is 16.5. The topological polar surface area (TPSA) is 166 Å². The first kappa shape index (κ1) is 28.0. The number of benzene rings is 2. The van der Waals surface area contributed by atoms with Crippen LogP contribution in [0, 0.1) is 0 Å². The number of carbonyl (C=O) groups is 4. The van der Waals surface area contributed by atoms with Crippen LogP contribution in [0.25, 0.3) is 0 Å². The number of carboxylic acids is 1. The number of nitrogens with one attached hydrogen (secondary N) is 4. The maximum absolute atomic E-state index is 12.9. The van der Waals surface area contributed by atoms with Crippen molar-refractivity contribution in [2.24, 2.45) is 0 Å². The van der Waals surface area contributed by atoms with Crippen LogP contribution in [0.15, 0.2) is 48.5 Å². The quantitative estimate of drug-likeness (QED) is 0.170. The number of amides is 3. The highest BCUT2D eigenvalue weighted by Gasteiger charge is 2.19. The van der Waals surface area contributed by atoms with Crippen LogP contribution >= 0.6 is 0 Å². The van der Waals surface area contributed by atoms with Gasteiger partial charge in [0.1, 0.15) is 11.8 Å². The van der Waals surface area contributed by atoms with E-state index in [1.165, 1.54) is 24.3 Å². The largest absolute Gasteiger partial charge is 0.508 e. The molecule has 2 rings (SSSR count). The molecule has 0 saturated heterocycles. The van der Waals surface area contributed by atoms with Gasteiger partial charge in [0.15, 0.2) is 0 Å². The Bertz CT molecular complexity index is 1040. The number of rotatable bonds is 14. The van der Waals surface area contributed by atoms with Crippen LogP contribution in [-0.4, -0.2) is 59.8 Å². The summed E-state index contributed by atoms with van der Waals surface area (Å²) < 4.78 is 4.79. The molecule has 11 nitrogen and oxygen atoms in total. The average Bonchev–Trinajstić information content (AvgIpc) is 2.83. The molecular weight excluding hydrogens is 468 g/mol. The fourth-order valence-corrected chi connectivity index (χ4v) is 3.27. The standard InChI is InChI=1S/C25H32N4O7/c1-2-36-22(31)12-14-27-25(35)26-13-4-3-11-21(23(32)29-19-9-6-10-20(30)16-19)28-18-8-5-7-17(15-18)24(33)34/h5-10,15-16,21,28,30H,2-4,11-14H2,1H3,(H,29,32)(H,33,34)(H2,26,27,35). The highest BCUT2D eigenvalue weighted by Crippen LogP contribution is 2.18. The Hall–Kier alpha value is -4.28. The number of ether oxygens (including phenoxy) is 1. The van der Waals surface area contributed by atoms with Gasteiger partial charge in [0.05, 0.1) is 18.6 Å². The van der Waals surface area contributed by atoms with Gasteiger partial charge in [0.25, 0.3) is 0 Å². The maximum atomic E-state index is 12.9. The van der Waals surface area contributed by atoms with Crippen molar-refractivity contribution in [2.45, 2.75) is 38.6 Å². The molecule has 2 aromatic rings. The van der Waals surface area contributed by atoms with Crippen molar-refractivity contribution in [3.8, 4) is 5.75 Å². The molecule has 0 aliphatic rings. The van der Waals surface area contributed by atoms with Gasteiger partial charge in [-0.3, -0.25) is 9.59 Å². The Morgan fingerprint density at radius 2 is 1.67 bits per heavy atom. The summed E-state index contributed by atoms with van der Waals surface area (Å²) in [6, 6.07) is 11.2. The minimum Gasteiger partial charge on any atom is -0.508 e. The number of carboxylic acid groups (broad SMARTS) is 1. The van der Waals surface area contributed by atoms with Crippen LogP contribution in [0.2, 0.25) is 0 Å². The van der Waals surface area contributed by atoms with Gasteiger partial charge < -0.3 is 36.2 Å². The van der Waals surface area contributed by atoms with Crippen molar-refractivity contribution in [1.29, 1.82) is 0 Å². The van der Waals surface area contributed by atoms with Gasteiger partial charge in [-0.15, -0.1) is 0 Å². The van der Waals surface area contributed by atoms with Crippen LogP contribution in [0.1, 0.15) is 43.0 Å². The normalized spacial score (nSPS) is 11.1. The molecule has 6 N–H and O–H groups in total. The van der Waals surface area contributed by atoms with Gasteiger partial charge in [-0.25, -0.2) is 9.59 Å². The van der Waals surface area contributed by atoms with E-state index in [4.69, 9.17) is 4.74 Å². The third-order valence-corrected chi connectivity index (χ3v) is 5.01. The Balaban J connectivity index is 1.88. The molecule has 0 bridgehead atoms. The molecular formula is C25H32N4O7. The van der Waals surface area contributed by atoms with E-state index < -0.39 is 18.0 Å². The molecule has 0 aliphatic heterocycles. The zero-order valence-electron chi connectivity index (χ0n) is 20.1. The second-order valence-corrected chi connectivity index (χ2v) is 7.86. The van der Waals surface area contributed by atoms with Gasteiger partial charge in [-0.05, 0) is 56.5 Å². The molecule has 0 aromatic heterocycles. The third kappa shape index (κ3) is 10.3. The molecule has 3 amide bonds. The number of unbranched alkanes of at least 4 members (excludes halogenated alkanes) is 1. The fraction of sp³-hybridized carbons (Fsp3) is 0.360. The van der Waals surface area contributed by atoms with Crippen LogP contribution < -0.4 is 21.3 Å². The first-order valence-electron chi connectivity index (χ1n) is 11.7. The van der Waals surface area contributed by atoms with Gasteiger partial charge in [0.2, 0.25) is 5.91 Å². The summed E-state index contributed by atoms with van der Waals surface area (Å²) in [6.45, 7) is 2.53. The molecule has 0 aliphatic carbocycles. The van der Waals surface area contributed by atoms with Crippen molar-refractivity contribution in [3.63, 3.8) is 0 Å². The van der Waals surface area contributed by atoms with E-state index in [1.54, 1.807) is 31.2 Å². The van der Waals surface area contributed by atoms with Crippen molar-refractivity contribution in [3.05, 3.63) is 54.1 Å². The second kappa shape index (κ2) is 14.9. The van der Waals surface area contributed by atoms with E-state index in [9.17, 15) is 29.4 Å². The first-order valence-corrected chi connectivity index (χ1v) is 11.7. The van der Waals surface area contributed by atoms with Gasteiger partial charge in [-0.2, -0.15) is 0 Å². The zero-order chi connectivity index (χ0) is 26.3. The lowest BCUT2D eigenvalue weighted by atomic mass is 10.1. The van der Waals surface area contributed by atoms with Crippen molar-refractivity contribution in [2.75, 3.05) is 30.3 Å². The molecule has 0 saturated carbocycles. The number of phenolic OH excluding ortho intramolecular Hbond substituents is 1. The molecule has 36 heavy (non-hydrogen) atoms. The summed E-state index contributed by atoms with van der Waals surface area (Å²) in [4.78, 5) is 47.3. The summed E-state index contributed by atoms with van der Waals surface area (Å²) in [5.74, 6) is -1.80. The smallest absolute Gasteiger partial charge is 0.335 e. The predicted octanol–water partition coefficient (Wildman–Crippen LogP) is 2.93. The highest BCUT2D eigenvalue weighted by molar-refractivity contribution is 5.97. The molecule has 1 atom stereocenters. The van der Waals surface area contributed by atoms with E-state index in [2.05, 4.69) is 21.3 Å². The molecule has 0 spiro atoms. The summed E-state index contributed by atoms with van der Waals surface area (Å²) >= 11 is 0. The number of aromatic hydroxyl groups is 1.